The van der Waals surface area contributed by atoms with Gasteiger partial charge in [-0.25, -0.2) is 4.79 Å². The van der Waals surface area contributed by atoms with Crippen LogP contribution in [0.5, 0.6) is 0 Å². The number of aryl methyl sites for hydroxylation is 1. The van der Waals surface area contributed by atoms with E-state index >= 15 is 0 Å². The van der Waals surface area contributed by atoms with Crippen molar-refractivity contribution < 1.29 is 14.4 Å². The van der Waals surface area contributed by atoms with Crippen molar-refractivity contribution in [1.29, 1.82) is 0 Å². The second-order valence-electron chi connectivity index (χ2n) is 6.58. The Morgan fingerprint density at radius 2 is 1.59 bits per heavy atom. The lowest BCUT2D eigenvalue weighted by molar-refractivity contribution is 0.0653. The second-order valence-corrected chi connectivity index (χ2v) is 6.58. The molecular weight excluding hydrogens is 342 g/mol. The molecule has 0 atom stereocenters. The van der Waals surface area contributed by atoms with Crippen molar-refractivity contribution in [1.82, 2.24) is 15.5 Å². The molecule has 0 unspecified atom stereocenters. The lowest BCUT2D eigenvalue weighted by Gasteiger charge is -2.14. The zero-order valence-corrected chi connectivity index (χ0v) is 15.3. The quantitative estimate of drug-likeness (QED) is 0.585. The van der Waals surface area contributed by atoms with E-state index in [0.29, 0.717) is 30.6 Å². The molecule has 1 aliphatic rings. The highest BCUT2D eigenvalue weighted by Crippen LogP contribution is 2.22. The topological polar surface area (TPSA) is 78.5 Å². The van der Waals surface area contributed by atoms with E-state index in [-0.39, 0.29) is 24.4 Å². The van der Waals surface area contributed by atoms with Gasteiger partial charge in [-0.05, 0) is 37.5 Å². The summed E-state index contributed by atoms with van der Waals surface area (Å²) in [7, 11) is 0. The number of hydrogen-bond acceptors (Lipinski definition) is 3. The van der Waals surface area contributed by atoms with Crippen LogP contribution in [0.2, 0.25) is 0 Å². The Bertz CT molecular complexity index is 828. The Morgan fingerprint density at radius 3 is 2.26 bits per heavy atom. The van der Waals surface area contributed by atoms with Gasteiger partial charge in [0.05, 0.1) is 11.1 Å². The number of nitrogens with one attached hydrogen (secondary N) is 2. The van der Waals surface area contributed by atoms with Crippen LogP contribution in [0.3, 0.4) is 0 Å². The number of fused-ring (bicyclic) bond motifs is 1. The molecule has 0 aliphatic carbocycles. The third kappa shape index (κ3) is 4.53. The molecule has 1 heterocycles. The molecule has 0 fully saturated rings. The van der Waals surface area contributed by atoms with E-state index in [1.54, 1.807) is 24.3 Å². The van der Waals surface area contributed by atoms with Gasteiger partial charge in [0.15, 0.2) is 0 Å². The van der Waals surface area contributed by atoms with Gasteiger partial charge in [-0.3, -0.25) is 14.5 Å². The normalized spacial score (nSPS) is 12.9. The molecule has 6 nitrogen and oxygen atoms in total. The molecule has 0 bridgehead atoms. The van der Waals surface area contributed by atoms with Crippen molar-refractivity contribution >= 4 is 17.8 Å². The summed E-state index contributed by atoms with van der Waals surface area (Å²) in [4.78, 5) is 37.6. The third-order valence-corrected chi connectivity index (χ3v) is 4.50. The molecule has 6 heteroatoms. The van der Waals surface area contributed by atoms with Crippen molar-refractivity contribution in [3.63, 3.8) is 0 Å². The Kier molecular flexibility index (Phi) is 5.86. The monoisotopic (exact) mass is 365 g/mol. The minimum Gasteiger partial charge on any atom is -0.338 e. The van der Waals surface area contributed by atoms with Crippen LogP contribution in [-0.2, 0) is 6.42 Å². The molecule has 4 amide bonds. The van der Waals surface area contributed by atoms with E-state index in [4.69, 9.17) is 0 Å². The molecule has 3 rings (SSSR count). The molecular formula is C21H23N3O3. The van der Waals surface area contributed by atoms with E-state index in [2.05, 4.69) is 16.7 Å². The Morgan fingerprint density at radius 1 is 0.926 bits per heavy atom. The van der Waals surface area contributed by atoms with Gasteiger partial charge in [0.25, 0.3) is 11.8 Å². The van der Waals surface area contributed by atoms with Crippen LogP contribution in [0.25, 0.3) is 0 Å². The van der Waals surface area contributed by atoms with Gasteiger partial charge in [0.1, 0.15) is 0 Å². The van der Waals surface area contributed by atoms with Crippen LogP contribution in [0.15, 0.2) is 48.5 Å². The van der Waals surface area contributed by atoms with Crippen LogP contribution in [0.4, 0.5) is 4.79 Å². The predicted molar refractivity (Wildman–Crippen MR) is 103 cm³/mol. The number of rotatable bonds is 7. The molecule has 2 aromatic carbocycles. The summed E-state index contributed by atoms with van der Waals surface area (Å²) >= 11 is 0. The van der Waals surface area contributed by atoms with E-state index in [0.717, 1.165) is 6.42 Å². The zero-order chi connectivity index (χ0) is 19.2. The lowest BCUT2D eigenvalue weighted by Crippen LogP contribution is -2.38. The van der Waals surface area contributed by atoms with Gasteiger partial charge >= 0.3 is 6.03 Å². The van der Waals surface area contributed by atoms with Gasteiger partial charge in [-0.1, -0.05) is 42.0 Å². The molecule has 2 N–H and O–H groups in total. The van der Waals surface area contributed by atoms with Crippen LogP contribution in [-0.4, -0.2) is 42.4 Å². The highest BCUT2D eigenvalue weighted by atomic mass is 16.2. The Labute approximate surface area is 158 Å². The fourth-order valence-corrected chi connectivity index (χ4v) is 3.13. The summed E-state index contributed by atoms with van der Waals surface area (Å²) in [5, 5.41) is 5.57. The molecule has 1 aliphatic heterocycles. The van der Waals surface area contributed by atoms with Crippen molar-refractivity contribution in [2.24, 2.45) is 0 Å². The molecule has 0 radical (unpaired) electrons. The number of carbonyl (C=O) groups is 3. The highest BCUT2D eigenvalue weighted by Gasteiger charge is 2.34. The lowest BCUT2D eigenvalue weighted by atomic mass is 10.1. The molecule has 0 aromatic heterocycles. The maximum atomic E-state index is 12.2. The van der Waals surface area contributed by atoms with Crippen LogP contribution < -0.4 is 10.6 Å². The van der Waals surface area contributed by atoms with E-state index < -0.39 is 0 Å². The number of imide groups is 1. The summed E-state index contributed by atoms with van der Waals surface area (Å²) in [5.41, 5.74) is 3.28. The first-order valence-electron chi connectivity index (χ1n) is 9.09. The van der Waals surface area contributed by atoms with Gasteiger partial charge < -0.3 is 10.6 Å². The van der Waals surface area contributed by atoms with Crippen LogP contribution >= 0.6 is 0 Å². The van der Waals surface area contributed by atoms with Crippen molar-refractivity contribution in [3.05, 3.63) is 70.8 Å². The predicted octanol–water partition coefficient (Wildman–Crippen LogP) is 2.52. The minimum absolute atomic E-state index is 0.245. The largest absolute Gasteiger partial charge is 0.338 e. The first kappa shape index (κ1) is 18.6. The maximum absolute atomic E-state index is 12.2. The average Bonchev–Trinajstić information content (AvgIpc) is 2.90. The van der Waals surface area contributed by atoms with Gasteiger partial charge in [0, 0.05) is 19.6 Å². The number of urea groups is 1. The van der Waals surface area contributed by atoms with Crippen LogP contribution in [0, 0.1) is 6.92 Å². The number of nitrogens with zero attached hydrogens (tertiary/aromatic N) is 1. The molecule has 140 valence electrons. The summed E-state index contributed by atoms with van der Waals surface area (Å²) < 4.78 is 0. The standard InChI is InChI=1S/C21H23N3O3/c1-15-6-4-7-16(14-15)10-12-23-21(27)22-11-5-13-24-19(25)17-8-2-3-9-18(17)20(24)26/h2-4,6-9,14H,5,10-13H2,1H3,(H2,22,23,27). The molecule has 27 heavy (non-hydrogen) atoms. The second kappa shape index (κ2) is 8.49. The summed E-state index contributed by atoms with van der Waals surface area (Å²) in [6.45, 7) is 3.27. The first-order valence-corrected chi connectivity index (χ1v) is 9.09. The van der Waals surface area contributed by atoms with Crippen molar-refractivity contribution in [2.75, 3.05) is 19.6 Å². The number of carbonyl (C=O) groups excluding carboxylic acids is 3. The van der Waals surface area contributed by atoms with E-state index in [1.807, 2.05) is 25.1 Å². The molecule has 0 saturated carbocycles. The summed E-state index contributed by atoms with van der Waals surface area (Å²) in [6, 6.07) is 14.8. The molecule has 2 aromatic rings. The zero-order valence-electron chi connectivity index (χ0n) is 15.3. The number of amides is 4. The Hall–Kier alpha value is -3.15. The van der Waals surface area contributed by atoms with Crippen LogP contribution in [0.1, 0.15) is 38.3 Å². The van der Waals surface area contributed by atoms with Gasteiger partial charge in [0.2, 0.25) is 0 Å². The SMILES string of the molecule is Cc1cccc(CCNC(=O)NCCCN2C(=O)c3ccccc3C2=O)c1. The maximum Gasteiger partial charge on any atom is 0.314 e. The summed E-state index contributed by atoms with van der Waals surface area (Å²) in [5.74, 6) is -0.531. The van der Waals surface area contributed by atoms with E-state index in [9.17, 15) is 14.4 Å². The van der Waals surface area contributed by atoms with Gasteiger partial charge in [-0.15, -0.1) is 0 Å². The first-order chi connectivity index (χ1) is 13.1. The average molecular weight is 365 g/mol. The van der Waals surface area contributed by atoms with Crippen molar-refractivity contribution in [3.8, 4) is 0 Å². The van der Waals surface area contributed by atoms with E-state index in [1.165, 1.54) is 16.0 Å². The Balaban J connectivity index is 1.35. The fraction of sp³-hybridized carbons (Fsp3) is 0.286. The smallest absolute Gasteiger partial charge is 0.314 e. The fourth-order valence-electron chi connectivity index (χ4n) is 3.13. The number of hydrogen-bond donors (Lipinski definition) is 2. The highest BCUT2D eigenvalue weighted by molar-refractivity contribution is 6.21. The number of benzene rings is 2. The summed E-state index contributed by atoms with van der Waals surface area (Å²) in [6.07, 6.45) is 1.28. The third-order valence-electron chi connectivity index (χ3n) is 4.50. The van der Waals surface area contributed by atoms with Crippen molar-refractivity contribution in [2.45, 2.75) is 19.8 Å². The minimum atomic E-state index is -0.266. The molecule has 0 saturated heterocycles. The van der Waals surface area contributed by atoms with Gasteiger partial charge in [-0.2, -0.15) is 0 Å². The molecule has 0 spiro atoms.